The number of nitrogens with zero attached hydrogens (tertiary/aromatic N) is 2. The maximum Gasteiger partial charge on any atom is 0.101 e. The second kappa shape index (κ2) is 5.70. The van der Waals surface area contributed by atoms with Crippen molar-refractivity contribution in [2.75, 3.05) is 11.4 Å². The van der Waals surface area contributed by atoms with Gasteiger partial charge in [-0.05, 0) is 36.9 Å². The predicted molar refractivity (Wildman–Crippen MR) is 76.9 cm³/mol. The molecule has 0 aliphatic rings. The van der Waals surface area contributed by atoms with Crippen molar-refractivity contribution in [3.63, 3.8) is 0 Å². The average molecular weight is 256 g/mol. The maximum absolute atomic E-state index is 9.24. The van der Waals surface area contributed by atoms with E-state index >= 15 is 0 Å². The summed E-state index contributed by atoms with van der Waals surface area (Å²) < 4.78 is 0. The lowest BCUT2D eigenvalue weighted by Crippen LogP contribution is -2.23. The van der Waals surface area contributed by atoms with Crippen LogP contribution in [0, 0.1) is 18.3 Å². The van der Waals surface area contributed by atoms with Crippen LogP contribution in [0.2, 0.25) is 0 Å². The molecule has 2 rings (SSSR count). The second-order valence-electron chi connectivity index (χ2n) is 4.18. The molecule has 0 saturated heterocycles. The Morgan fingerprint density at radius 2 is 2.11 bits per heavy atom. The fraction of sp³-hybridized carbons (Fsp3) is 0.267. The Labute approximate surface area is 112 Å². The zero-order valence-corrected chi connectivity index (χ0v) is 11.5. The van der Waals surface area contributed by atoms with Gasteiger partial charge in [0.2, 0.25) is 0 Å². The van der Waals surface area contributed by atoms with Crippen LogP contribution in [-0.2, 0) is 6.54 Å². The molecule has 1 heterocycles. The van der Waals surface area contributed by atoms with E-state index in [1.54, 1.807) is 11.3 Å². The molecule has 2 nitrogen and oxygen atoms in total. The first-order valence-corrected chi connectivity index (χ1v) is 6.91. The molecule has 0 atom stereocenters. The molecular weight excluding hydrogens is 240 g/mol. The molecule has 0 N–H and O–H groups in total. The Balaban J connectivity index is 2.36. The number of para-hydroxylation sites is 1. The number of rotatable bonds is 4. The van der Waals surface area contributed by atoms with Gasteiger partial charge in [0.15, 0.2) is 0 Å². The molecule has 0 aliphatic carbocycles. The van der Waals surface area contributed by atoms with Crippen molar-refractivity contribution >= 4 is 17.0 Å². The quantitative estimate of drug-likeness (QED) is 0.828. The number of hydrogen-bond acceptors (Lipinski definition) is 3. The second-order valence-corrected chi connectivity index (χ2v) is 5.21. The van der Waals surface area contributed by atoms with E-state index in [1.165, 1.54) is 4.88 Å². The molecule has 0 radical (unpaired) electrons. The lowest BCUT2D eigenvalue weighted by molar-refractivity contribution is 0.836. The lowest BCUT2D eigenvalue weighted by atomic mass is 10.1. The lowest BCUT2D eigenvalue weighted by Gasteiger charge is -2.25. The summed E-state index contributed by atoms with van der Waals surface area (Å²) in [4.78, 5) is 3.59. The van der Waals surface area contributed by atoms with Gasteiger partial charge in [-0.15, -0.1) is 11.3 Å². The van der Waals surface area contributed by atoms with Crippen LogP contribution >= 0.6 is 11.3 Å². The summed E-state index contributed by atoms with van der Waals surface area (Å²) in [7, 11) is 0. The molecule has 0 unspecified atom stereocenters. The zero-order chi connectivity index (χ0) is 13.0. The van der Waals surface area contributed by atoms with Crippen molar-refractivity contribution < 1.29 is 0 Å². The van der Waals surface area contributed by atoms with Gasteiger partial charge in [0.1, 0.15) is 6.07 Å². The normalized spacial score (nSPS) is 10.1. The fourth-order valence-electron chi connectivity index (χ4n) is 2.11. The third-order valence-corrected chi connectivity index (χ3v) is 3.84. The highest BCUT2D eigenvalue weighted by Gasteiger charge is 2.13. The van der Waals surface area contributed by atoms with E-state index in [0.29, 0.717) is 0 Å². The van der Waals surface area contributed by atoms with Crippen LogP contribution in [0.3, 0.4) is 0 Å². The molecule has 18 heavy (non-hydrogen) atoms. The zero-order valence-electron chi connectivity index (χ0n) is 10.7. The van der Waals surface area contributed by atoms with Gasteiger partial charge in [0.25, 0.3) is 0 Å². The number of anilines is 1. The molecule has 1 aromatic heterocycles. The van der Waals surface area contributed by atoms with E-state index in [2.05, 4.69) is 48.4 Å². The minimum atomic E-state index is 0.758. The van der Waals surface area contributed by atoms with Crippen LogP contribution in [0.4, 0.5) is 5.69 Å². The van der Waals surface area contributed by atoms with E-state index < -0.39 is 0 Å². The first kappa shape index (κ1) is 12.7. The summed E-state index contributed by atoms with van der Waals surface area (Å²) in [6.07, 6.45) is 0. The predicted octanol–water partition coefficient (Wildman–Crippen LogP) is 3.95. The topological polar surface area (TPSA) is 27.0 Å². The smallest absolute Gasteiger partial charge is 0.101 e. The molecule has 3 heteroatoms. The molecule has 0 spiro atoms. The summed E-state index contributed by atoms with van der Waals surface area (Å²) in [6, 6.07) is 12.4. The van der Waals surface area contributed by atoms with Gasteiger partial charge < -0.3 is 4.90 Å². The van der Waals surface area contributed by atoms with Crippen LogP contribution < -0.4 is 4.90 Å². The third kappa shape index (κ3) is 2.55. The number of hydrogen-bond donors (Lipinski definition) is 0. The van der Waals surface area contributed by atoms with Gasteiger partial charge >= 0.3 is 0 Å². The van der Waals surface area contributed by atoms with E-state index in [9.17, 15) is 5.26 Å². The van der Waals surface area contributed by atoms with Gasteiger partial charge in [-0.3, -0.25) is 0 Å². The number of nitriles is 1. The molecule has 92 valence electrons. The molecule has 1 aromatic carbocycles. The standard InChI is InChI=1S/C15H16N2S/c1-3-17(11-14-8-5-9-18-14)15-12(2)6-4-7-13(15)10-16/h4-9H,3,11H2,1-2H3. The molecule has 2 aromatic rings. The van der Waals surface area contributed by atoms with E-state index in [4.69, 9.17) is 0 Å². The monoisotopic (exact) mass is 256 g/mol. The largest absolute Gasteiger partial charge is 0.365 e. The van der Waals surface area contributed by atoms with E-state index in [0.717, 1.165) is 29.9 Å². The molecule has 0 saturated carbocycles. The third-order valence-electron chi connectivity index (χ3n) is 2.98. The molecule has 0 bridgehead atoms. The van der Waals surface area contributed by atoms with Crippen molar-refractivity contribution in [1.29, 1.82) is 5.26 Å². The molecule has 0 aliphatic heterocycles. The van der Waals surface area contributed by atoms with Crippen LogP contribution in [0.15, 0.2) is 35.7 Å². The maximum atomic E-state index is 9.24. The highest BCUT2D eigenvalue weighted by molar-refractivity contribution is 7.09. The first-order valence-electron chi connectivity index (χ1n) is 6.03. The number of thiophene rings is 1. The Hall–Kier alpha value is -1.79. The molecule has 0 fully saturated rings. The van der Waals surface area contributed by atoms with Crippen LogP contribution in [-0.4, -0.2) is 6.54 Å². The minimum Gasteiger partial charge on any atom is -0.365 e. The van der Waals surface area contributed by atoms with Crippen molar-refractivity contribution in [3.8, 4) is 6.07 Å². The Bertz CT molecular complexity index is 552. The molecule has 0 amide bonds. The number of aryl methyl sites for hydroxylation is 1. The average Bonchev–Trinajstić information content (AvgIpc) is 2.89. The van der Waals surface area contributed by atoms with Crippen molar-refractivity contribution in [2.24, 2.45) is 0 Å². The number of benzene rings is 1. The van der Waals surface area contributed by atoms with Gasteiger partial charge in [-0.25, -0.2) is 0 Å². The Kier molecular flexibility index (Phi) is 4.01. The van der Waals surface area contributed by atoms with E-state index in [-0.39, 0.29) is 0 Å². The summed E-state index contributed by atoms with van der Waals surface area (Å²) in [6.45, 7) is 5.96. The van der Waals surface area contributed by atoms with Gasteiger partial charge in [-0.1, -0.05) is 18.2 Å². The summed E-state index contributed by atoms with van der Waals surface area (Å²) in [5.74, 6) is 0. The van der Waals surface area contributed by atoms with Gasteiger partial charge in [-0.2, -0.15) is 5.26 Å². The van der Waals surface area contributed by atoms with Crippen LogP contribution in [0.25, 0.3) is 0 Å². The molecular formula is C15H16N2S. The van der Waals surface area contributed by atoms with Crippen molar-refractivity contribution in [2.45, 2.75) is 20.4 Å². The van der Waals surface area contributed by atoms with Crippen molar-refractivity contribution in [1.82, 2.24) is 0 Å². The van der Waals surface area contributed by atoms with Crippen LogP contribution in [0.5, 0.6) is 0 Å². The van der Waals surface area contributed by atoms with Gasteiger partial charge in [0.05, 0.1) is 17.8 Å². The Morgan fingerprint density at radius 3 is 2.72 bits per heavy atom. The summed E-state index contributed by atoms with van der Waals surface area (Å²) in [5.41, 5.74) is 2.98. The highest BCUT2D eigenvalue weighted by Crippen LogP contribution is 2.26. The van der Waals surface area contributed by atoms with E-state index in [1.807, 2.05) is 12.1 Å². The van der Waals surface area contributed by atoms with Crippen molar-refractivity contribution in [3.05, 3.63) is 51.7 Å². The van der Waals surface area contributed by atoms with Gasteiger partial charge in [0, 0.05) is 11.4 Å². The Morgan fingerprint density at radius 1 is 1.28 bits per heavy atom. The fourth-order valence-corrected chi connectivity index (χ4v) is 2.83. The van der Waals surface area contributed by atoms with Crippen LogP contribution in [0.1, 0.15) is 22.9 Å². The summed E-state index contributed by atoms with van der Waals surface area (Å²) >= 11 is 1.76. The minimum absolute atomic E-state index is 0.758. The summed E-state index contributed by atoms with van der Waals surface area (Å²) in [5, 5.41) is 11.3. The SMILES string of the molecule is CCN(Cc1cccs1)c1c(C)cccc1C#N. The first-order chi connectivity index (χ1) is 8.76. The highest BCUT2D eigenvalue weighted by atomic mass is 32.1.